The molecule has 90 valence electrons. The van der Waals surface area contributed by atoms with Gasteiger partial charge in [0.15, 0.2) is 0 Å². The van der Waals surface area contributed by atoms with Crippen LogP contribution in [0.1, 0.15) is 24.5 Å². The lowest BCUT2D eigenvalue weighted by Crippen LogP contribution is -2.10. The average molecular weight is 242 g/mol. The minimum absolute atomic E-state index is 0.203. The van der Waals surface area contributed by atoms with E-state index in [2.05, 4.69) is 4.98 Å². The maximum atomic E-state index is 11.3. The standard InChI is InChI=1S/C11H18N2O2S/c1-3-16(14,15)8-4-5-10-9(2)6-7-13-11(10)12/h6-7H,3-5,8H2,1-2H3,(H2,12,13). The van der Waals surface area contributed by atoms with Gasteiger partial charge in [-0.1, -0.05) is 6.92 Å². The number of aromatic nitrogens is 1. The Hall–Kier alpha value is -1.10. The Balaban J connectivity index is 2.62. The van der Waals surface area contributed by atoms with Crippen LogP contribution in [0.15, 0.2) is 12.3 Å². The number of sulfone groups is 1. The van der Waals surface area contributed by atoms with Crippen LogP contribution >= 0.6 is 0 Å². The number of hydrogen-bond donors (Lipinski definition) is 1. The SMILES string of the molecule is CCS(=O)(=O)CCCc1c(C)ccnc1N. The van der Waals surface area contributed by atoms with Gasteiger partial charge < -0.3 is 5.73 Å². The van der Waals surface area contributed by atoms with Gasteiger partial charge in [-0.3, -0.25) is 0 Å². The highest BCUT2D eigenvalue weighted by Gasteiger charge is 2.09. The maximum Gasteiger partial charge on any atom is 0.150 e. The monoisotopic (exact) mass is 242 g/mol. The van der Waals surface area contributed by atoms with Crippen LogP contribution in [-0.4, -0.2) is 24.9 Å². The van der Waals surface area contributed by atoms with E-state index in [0.29, 0.717) is 18.7 Å². The molecule has 0 bridgehead atoms. The summed E-state index contributed by atoms with van der Waals surface area (Å²) in [5, 5.41) is 0. The van der Waals surface area contributed by atoms with Crippen molar-refractivity contribution < 1.29 is 8.42 Å². The van der Waals surface area contributed by atoms with E-state index in [0.717, 1.165) is 11.1 Å². The Morgan fingerprint density at radius 2 is 2.12 bits per heavy atom. The highest BCUT2D eigenvalue weighted by Crippen LogP contribution is 2.15. The minimum Gasteiger partial charge on any atom is -0.383 e. The van der Waals surface area contributed by atoms with Crippen molar-refractivity contribution in [2.24, 2.45) is 0 Å². The molecule has 0 aliphatic heterocycles. The molecule has 1 aromatic heterocycles. The third kappa shape index (κ3) is 3.48. The predicted octanol–water partition coefficient (Wildman–Crippen LogP) is 1.34. The molecule has 16 heavy (non-hydrogen) atoms. The van der Waals surface area contributed by atoms with Crippen LogP contribution in [0.2, 0.25) is 0 Å². The summed E-state index contributed by atoms with van der Waals surface area (Å²) in [5.41, 5.74) is 7.78. The normalized spacial score (nSPS) is 11.6. The van der Waals surface area contributed by atoms with Crippen molar-refractivity contribution in [1.82, 2.24) is 4.98 Å². The van der Waals surface area contributed by atoms with E-state index in [-0.39, 0.29) is 11.5 Å². The molecule has 1 heterocycles. The molecule has 0 aliphatic rings. The first-order chi connectivity index (χ1) is 7.46. The highest BCUT2D eigenvalue weighted by atomic mass is 32.2. The summed E-state index contributed by atoms with van der Waals surface area (Å²) in [4.78, 5) is 4.00. The number of hydrogen-bond acceptors (Lipinski definition) is 4. The number of rotatable bonds is 5. The van der Waals surface area contributed by atoms with Gasteiger partial charge in [0.05, 0.1) is 5.75 Å². The summed E-state index contributed by atoms with van der Waals surface area (Å²) in [5.74, 6) is 0.931. The number of aryl methyl sites for hydroxylation is 1. The van der Waals surface area contributed by atoms with Crippen LogP contribution in [0.4, 0.5) is 5.82 Å². The zero-order chi connectivity index (χ0) is 12.2. The zero-order valence-electron chi connectivity index (χ0n) is 9.73. The van der Waals surface area contributed by atoms with Crippen LogP contribution in [0.5, 0.6) is 0 Å². The van der Waals surface area contributed by atoms with E-state index in [1.807, 2.05) is 13.0 Å². The molecule has 0 amide bonds. The first kappa shape index (κ1) is 13.0. The summed E-state index contributed by atoms with van der Waals surface area (Å²) in [7, 11) is -2.88. The topological polar surface area (TPSA) is 73.0 Å². The van der Waals surface area contributed by atoms with Gasteiger partial charge in [0.25, 0.3) is 0 Å². The van der Waals surface area contributed by atoms with Crippen molar-refractivity contribution in [3.8, 4) is 0 Å². The molecule has 0 radical (unpaired) electrons. The summed E-state index contributed by atoms with van der Waals surface area (Å²) in [6, 6.07) is 1.89. The Kier molecular flexibility index (Phi) is 4.29. The molecule has 1 aromatic rings. The van der Waals surface area contributed by atoms with Gasteiger partial charge in [-0.15, -0.1) is 0 Å². The molecule has 0 fully saturated rings. The van der Waals surface area contributed by atoms with Gasteiger partial charge >= 0.3 is 0 Å². The molecule has 0 aliphatic carbocycles. The Bertz CT molecular complexity index is 435. The molecule has 0 spiro atoms. The van der Waals surface area contributed by atoms with Crippen LogP contribution in [0, 0.1) is 6.92 Å². The summed E-state index contributed by atoms with van der Waals surface area (Å²) in [6.45, 7) is 3.63. The van der Waals surface area contributed by atoms with E-state index >= 15 is 0 Å². The van der Waals surface area contributed by atoms with Gasteiger partial charge in [0.2, 0.25) is 0 Å². The summed E-state index contributed by atoms with van der Waals surface area (Å²) >= 11 is 0. The Morgan fingerprint density at radius 3 is 2.69 bits per heavy atom. The molecule has 0 atom stereocenters. The third-order valence-electron chi connectivity index (χ3n) is 2.65. The van der Waals surface area contributed by atoms with Crippen molar-refractivity contribution in [2.45, 2.75) is 26.7 Å². The van der Waals surface area contributed by atoms with Crippen molar-refractivity contribution in [1.29, 1.82) is 0 Å². The van der Waals surface area contributed by atoms with Crippen LogP contribution in [0.25, 0.3) is 0 Å². The van der Waals surface area contributed by atoms with Crippen molar-refractivity contribution in [2.75, 3.05) is 17.2 Å². The smallest absolute Gasteiger partial charge is 0.150 e. The predicted molar refractivity (Wildman–Crippen MR) is 66.0 cm³/mol. The van der Waals surface area contributed by atoms with Gasteiger partial charge in [-0.05, 0) is 37.0 Å². The molecular formula is C11H18N2O2S. The quantitative estimate of drug-likeness (QED) is 0.845. The lowest BCUT2D eigenvalue weighted by atomic mass is 10.1. The molecule has 4 nitrogen and oxygen atoms in total. The Morgan fingerprint density at radius 1 is 1.44 bits per heavy atom. The Labute approximate surface area is 96.8 Å². The minimum atomic E-state index is -2.88. The number of nitrogens with zero attached hydrogens (tertiary/aromatic N) is 1. The fourth-order valence-electron chi connectivity index (χ4n) is 1.55. The lowest BCUT2D eigenvalue weighted by molar-refractivity contribution is 0.594. The highest BCUT2D eigenvalue weighted by molar-refractivity contribution is 7.91. The van der Waals surface area contributed by atoms with Gasteiger partial charge in [-0.25, -0.2) is 13.4 Å². The molecular weight excluding hydrogens is 224 g/mol. The maximum absolute atomic E-state index is 11.3. The number of pyridine rings is 1. The van der Waals surface area contributed by atoms with E-state index in [9.17, 15) is 8.42 Å². The number of nitrogen functional groups attached to an aromatic ring is 1. The van der Waals surface area contributed by atoms with E-state index in [1.165, 1.54) is 0 Å². The van der Waals surface area contributed by atoms with Crippen LogP contribution < -0.4 is 5.73 Å². The van der Waals surface area contributed by atoms with E-state index in [1.54, 1.807) is 13.1 Å². The van der Waals surface area contributed by atoms with E-state index < -0.39 is 9.84 Å². The average Bonchev–Trinajstić information content (AvgIpc) is 2.22. The summed E-state index contributed by atoms with van der Waals surface area (Å²) in [6.07, 6.45) is 2.94. The fourth-order valence-corrected chi connectivity index (χ4v) is 2.42. The van der Waals surface area contributed by atoms with Crippen molar-refractivity contribution in [3.05, 3.63) is 23.4 Å². The number of nitrogens with two attached hydrogens (primary N) is 1. The molecule has 5 heteroatoms. The first-order valence-corrected chi connectivity index (χ1v) is 7.19. The first-order valence-electron chi connectivity index (χ1n) is 5.36. The van der Waals surface area contributed by atoms with Crippen LogP contribution in [0.3, 0.4) is 0 Å². The van der Waals surface area contributed by atoms with Crippen LogP contribution in [-0.2, 0) is 16.3 Å². The third-order valence-corrected chi connectivity index (χ3v) is 4.44. The van der Waals surface area contributed by atoms with Crippen molar-refractivity contribution in [3.63, 3.8) is 0 Å². The molecule has 0 saturated heterocycles. The largest absolute Gasteiger partial charge is 0.383 e. The second-order valence-electron chi connectivity index (χ2n) is 3.83. The zero-order valence-corrected chi connectivity index (χ0v) is 10.5. The second-order valence-corrected chi connectivity index (χ2v) is 6.30. The lowest BCUT2D eigenvalue weighted by Gasteiger charge is -2.07. The fraction of sp³-hybridized carbons (Fsp3) is 0.545. The van der Waals surface area contributed by atoms with Gasteiger partial charge in [0.1, 0.15) is 15.7 Å². The van der Waals surface area contributed by atoms with Crippen molar-refractivity contribution >= 4 is 15.7 Å². The second kappa shape index (κ2) is 5.30. The number of anilines is 1. The summed E-state index contributed by atoms with van der Waals surface area (Å²) < 4.78 is 22.6. The molecule has 0 aromatic carbocycles. The molecule has 2 N–H and O–H groups in total. The van der Waals surface area contributed by atoms with Gasteiger partial charge in [-0.2, -0.15) is 0 Å². The van der Waals surface area contributed by atoms with Gasteiger partial charge in [0, 0.05) is 11.9 Å². The molecule has 0 unspecified atom stereocenters. The van der Waals surface area contributed by atoms with E-state index in [4.69, 9.17) is 5.73 Å². The molecule has 1 rings (SSSR count). The molecule has 0 saturated carbocycles.